The molecule has 0 aliphatic rings. The Balaban J connectivity index is 2.87. The molecule has 2 aromatic heterocycles. The lowest BCUT2D eigenvalue weighted by molar-refractivity contribution is 0.946. The monoisotopic (exact) mass is 168 g/mol. The minimum Gasteiger partial charge on any atom is -0.382 e. The van der Waals surface area contributed by atoms with Crippen LogP contribution in [0.15, 0.2) is 18.3 Å². The molecule has 0 radical (unpaired) electrons. The molecular formula is C6H5ClN4. The molecule has 11 heavy (non-hydrogen) atoms. The van der Waals surface area contributed by atoms with E-state index < -0.39 is 0 Å². The molecule has 0 fully saturated rings. The lowest BCUT2D eigenvalue weighted by atomic mass is 10.6. The van der Waals surface area contributed by atoms with Gasteiger partial charge in [0.05, 0.1) is 6.20 Å². The topological polar surface area (TPSA) is 56.2 Å². The highest BCUT2D eigenvalue weighted by atomic mass is 35.5. The van der Waals surface area contributed by atoms with Gasteiger partial charge in [0.2, 0.25) is 0 Å². The summed E-state index contributed by atoms with van der Waals surface area (Å²) in [5.41, 5.74) is 6.23. The Bertz CT molecular complexity index is 394. The zero-order chi connectivity index (χ0) is 7.84. The average Bonchev–Trinajstić information content (AvgIpc) is 2.33. The Morgan fingerprint density at radius 3 is 3.09 bits per heavy atom. The summed E-state index contributed by atoms with van der Waals surface area (Å²) in [6.07, 6.45) is 1.54. The van der Waals surface area contributed by atoms with Crippen molar-refractivity contribution in [1.82, 2.24) is 14.6 Å². The Labute approximate surface area is 67.6 Å². The molecule has 2 heterocycles. The number of hydrogen-bond donors (Lipinski definition) is 1. The summed E-state index contributed by atoms with van der Waals surface area (Å²) in [5, 5.41) is 4.33. The average molecular weight is 169 g/mol. The fraction of sp³-hybridized carbons (Fsp3) is 0. The minimum atomic E-state index is 0.405. The van der Waals surface area contributed by atoms with Crippen molar-refractivity contribution in [2.45, 2.75) is 0 Å². The number of nitrogens with zero attached hydrogens (tertiary/aromatic N) is 3. The second-order valence-corrected chi connectivity index (χ2v) is 2.50. The van der Waals surface area contributed by atoms with E-state index in [0.717, 1.165) is 0 Å². The van der Waals surface area contributed by atoms with Crippen LogP contribution in [0.2, 0.25) is 5.15 Å². The first-order valence-corrected chi connectivity index (χ1v) is 3.41. The van der Waals surface area contributed by atoms with Crippen LogP contribution in [0.5, 0.6) is 0 Å². The van der Waals surface area contributed by atoms with Crippen molar-refractivity contribution < 1.29 is 0 Å². The maximum atomic E-state index is 5.63. The molecule has 0 saturated heterocycles. The second kappa shape index (κ2) is 2.10. The van der Waals surface area contributed by atoms with E-state index >= 15 is 0 Å². The number of imidazole rings is 1. The third-order valence-electron chi connectivity index (χ3n) is 1.36. The first-order valence-electron chi connectivity index (χ1n) is 3.03. The molecule has 2 rings (SSSR count). The third kappa shape index (κ3) is 0.914. The van der Waals surface area contributed by atoms with Gasteiger partial charge in [-0.15, -0.1) is 0 Å². The highest BCUT2D eigenvalue weighted by Crippen LogP contribution is 2.09. The summed E-state index contributed by atoms with van der Waals surface area (Å²) in [7, 11) is 0. The van der Waals surface area contributed by atoms with Crippen LogP contribution in [0.3, 0.4) is 0 Å². The Hall–Kier alpha value is -1.29. The maximum Gasteiger partial charge on any atom is 0.156 e. The Morgan fingerprint density at radius 2 is 2.27 bits per heavy atom. The number of fused-ring (bicyclic) bond motifs is 1. The van der Waals surface area contributed by atoms with Gasteiger partial charge in [0, 0.05) is 0 Å². The molecule has 2 aromatic rings. The van der Waals surface area contributed by atoms with Gasteiger partial charge in [-0.25, -0.2) is 4.98 Å². The fourth-order valence-corrected chi connectivity index (χ4v) is 1.01. The quantitative estimate of drug-likeness (QED) is 0.638. The van der Waals surface area contributed by atoms with Gasteiger partial charge < -0.3 is 5.73 Å². The lowest BCUT2D eigenvalue weighted by Gasteiger charge is -1.93. The van der Waals surface area contributed by atoms with Crippen LogP contribution >= 0.6 is 11.6 Å². The molecule has 0 unspecified atom stereocenters. The Morgan fingerprint density at radius 1 is 1.45 bits per heavy atom. The first kappa shape index (κ1) is 6.42. The fourth-order valence-electron chi connectivity index (χ4n) is 0.869. The van der Waals surface area contributed by atoms with Crippen LogP contribution in [-0.2, 0) is 0 Å². The number of hydrogen-bond acceptors (Lipinski definition) is 3. The molecule has 0 aliphatic carbocycles. The zero-order valence-corrected chi connectivity index (χ0v) is 6.28. The van der Waals surface area contributed by atoms with E-state index in [1.54, 1.807) is 18.3 Å². The van der Waals surface area contributed by atoms with Crippen molar-refractivity contribution in [2.24, 2.45) is 0 Å². The minimum absolute atomic E-state index is 0.405. The molecule has 0 saturated carbocycles. The van der Waals surface area contributed by atoms with Crippen molar-refractivity contribution in [2.75, 3.05) is 5.73 Å². The van der Waals surface area contributed by atoms with E-state index in [9.17, 15) is 0 Å². The highest BCUT2D eigenvalue weighted by Gasteiger charge is 1.99. The summed E-state index contributed by atoms with van der Waals surface area (Å²) in [4.78, 5) is 3.98. The summed E-state index contributed by atoms with van der Waals surface area (Å²) < 4.78 is 1.49. The molecule has 5 heteroatoms. The van der Waals surface area contributed by atoms with Crippen LogP contribution in [0.4, 0.5) is 5.82 Å². The van der Waals surface area contributed by atoms with Crippen molar-refractivity contribution in [1.29, 1.82) is 0 Å². The molecule has 0 atom stereocenters. The Kier molecular flexibility index (Phi) is 1.22. The van der Waals surface area contributed by atoms with E-state index in [-0.39, 0.29) is 0 Å². The van der Waals surface area contributed by atoms with E-state index in [4.69, 9.17) is 17.3 Å². The van der Waals surface area contributed by atoms with Crippen molar-refractivity contribution >= 4 is 23.1 Å². The number of halogens is 1. The van der Waals surface area contributed by atoms with Crippen LogP contribution in [0.25, 0.3) is 5.65 Å². The molecule has 0 amide bonds. The van der Waals surface area contributed by atoms with Gasteiger partial charge in [0.25, 0.3) is 0 Å². The standard InChI is InChI=1S/C6H5ClN4/c7-4-1-2-6-9-3-5(8)11(6)10-4/h1-3H,8H2. The number of nitrogen functional groups attached to an aromatic ring is 1. The van der Waals surface area contributed by atoms with Crippen molar-refractivity contribution in [3.63, 3.8) is 0 Å². The highest BCUT2D eigenvalue weighted by molar-refractivity contribution is 6.29. The van der Waals surface area contributed by atoms with Crippen LogP contribution in [-0.4, -0.2) is 14.6 Å². The van der Waals surface area contributed by atoms with Crippen LogP contribution < -0.4 is 5.73 Å². The smallest absolute Gasteiger partial charge is 0.156 e. The summed E-state index contributed by atoms with van der Waals surface area (Å²) in [5.74, 6) is 0.488. The molecule has 2 N–H and O–H groups in total. The molecule has 0 bridgehead atoms. The van der Waals surface area contributed by atoms with Crippen molar-refractivity contribution in [3.8, 4) is 0 Å². The summed E-state index contributed by atoms with van der Waals surface area (Å²) in [6, 6.07) is 3.43. The normalized spacial score (nSPS) is 10.6. The van der Waals surface area contributed by atoms with Gasteiger partial charge >= 0.3 is 0 Å². The second-order valence-electron chi connectivity index (χ2n) is 2.11. The van der Waals surface area contributed by atoms with E-state index in [2.05, 4.69) is 10.1 Å². The lowest BCUT2D eigenvalue weighted by Crippen LogP contribution is -1.96. The number of aromatic nitrogens is 3. The van der Waals surface area contributed by atoms with Gasteiger partial charge in [-0.3, -0.25) is 0 Å². The molecular weight excluding hydrogens is 164 g/mol. The number of anilines is 1. The third-order valence-corrected chi connectivity index (χ3v) is 1.56. The zero-order valence-electron chi connectivity index (χ0n) is 5.53. The van der Waals surface area contributed by atoms with Crippen LogP contribution in [0.1, 0.15) is 0 Å². The first-order chi connectivity index (χ1) is 5.27. The number of rotatable bonds is 0. The summed E-state index contributed by atoms with van der Waals surface area (Å²) in [6.45, 7) is 0. The van der Waals surface area contributed by atoms with Gasteiger partial charge in [0.1, 0.15) is 11.0 Å². The largest absolute Gasteiger partial charge is 0.382 e. The van der Waals surface area contributed by atoms with E-state index in [1.807, 2.05) is 0 Å². The molecule has 0 aliphatic heterocycles. The predicted molar refractivity (Wildman–Crippen MR) is 42.4 cm³/mol. The maximum absolute atomic E-state index is 5.63. The SMILES string of the molecule is Nc1cnc2ccc(Cl)nn12. The molecule has 0 aromatic carbocycles. The molecule has 56 valence electrons. The van der Waals surface area contributed by atoms with E-state index in [0.29, 0.717) is 16.6 Å². The van der Waals surface area contributed by atoms with Gasteiger partial charge in [0.15, 0.2) is 5.65 Å². The van der Waals surface area contributed by atoms with E-state index in [1.165, 1.54) is 4.52 Å². The molecule has 0 spiro atoms. The van der Waals surface area contributed by atoms with Crippen LogP contribution in [0, 0.1) is 0 Å². The van der Waals surface area contributed by atoms with Gasteiger partial charge in [-0.2, -0.15) is 9.61 Å². The molecule has 4 nitrogen and oxygen atoms in total. The summed E-state index contributed by atoms with van der Waals surface area (Å²) >= 11 is 5.63. The predicted octanol–water partition coefficient (Wildman–Crippen LogP) is 0.965. The van der Waals surface area contributed by atoms with Gasteiger partial charge in [-0.05, 0) is 12.1 Å². The van der Waals surface area contributed by atoms with Gasteiger partial charge in [-0.1, -0.05) is 11.6 Å². The van der Waals surface area contributed by atoms with Crippen molar-refractivity contribution in [3.05, 3.63) is 23.5 Å². The number of nitrogens with two attached hydrogens (primary N) is 1.